The molecule has 1 aliphatic heterocycles. The molecule has 3 heteroatoms. The van der Waals surface area contributed by atoms with Gasteiger partial charge in [-0.1, -0.05) is 32.0 Å². The lowest BCUT2D eigenvalue weighted by atomic mass is 9.97. The molecular weight excluding hydrogens is 236 g/mol. The number of benzene rings is 1. The summed E-state index contributed by atoms with van der Waals surface area (Å²) >= 11 is 0. The van der Waals surface area contributed by atoms with E-state index < -0.39 is 0 Å². The third-order valence-corrected chi connectivity index (χ3v) is 3.77. The number of anilines is 1. The van der Waals surface area contributed by atoms with Gasteiger partial charge in [0.2, 0.25) is 0 Å². The highest BCUT2D eigenvalue weighted by atomic mass is 16.3. The fourth-order valence-electron chi connectivity index (χ4n) is 2.91. The van der Waals surface area contributed by atoms with Crippen molar-refractivity contribution in [2.45, 2.75) is 26.2 Å². The van der Waals surface area contributed by atoms with E-state index in [1.807, 2.05) is 0 Å². The van der Waals surface area contributed by atoms with E-state index in [1.54, 1.807) is 0 Å². The smallest absolute Gasteiger partial charge is 0.0558 e. The van der Waals surface area contributed by atoms with Crippen LogP contribution in [0.3, 0.4) is 0 Å². The number of hydrogen-bond acceptors (Lipinski definition) is 3. The number of hydrogen-bond donors (Lipinski definition) is 2. The lowest BCUT2D eigenvalue weighted by Gasteiger charge is -2.24. The third-order valence-electron chi connectivity index (χ3n) is 3.77. The molecule has 1 atom stereocenters. The van der Waals surface area contributed by atoms with Crippen LogP contribution >= 0.6 is 0 Å². The third kappa shape index (κ3) is 3.95. The number of rotatable bonds is 7. The van der Waals surface area contributed by atoms with Crippen molar-refractivity contribution in [3.8, 4) is 0 Å². The van der Waals surface area contributed by atoms with Gasteiger partial charge in [0.1, 0.15) is 0 Å². The van der Waals surface area contributed by atoms with Gasteiger partial charge in [-0.2, -0.15) is 0 Å². The molecule has 0 saturated carbocycles. The minimum atomic E-state index is 0.256. The van der Waals surface area contributed by atoms with Gasteiger partial charge in [0.05, 0.1) is 6.61 Å². The molecule has 1 aromatic carbocycles. The highest BCUT2D eigenvalue weighted by molar-refractivity contribution is 5.57. The highest BCUT2D eigenvalue weighted by Crippen LogP contribution is 2.33. The summed E-state index contributed by atoms with van der Waals surface area (Å²) in [4.78, 5) is 2.38. The van der Waals surface area contributed by atoms with E-state index in [0.717, 1.165) is 32.6 Å². The highest BCUT2D eigenvalue weighted by Gasteiger charge is 2.22. The molecule has 1 aliphatic rings. The van der Waals surface area contributed by atoms with Gasteiger partial charge in [0, 0.05) is 31.2 Å². The van der Waals surface area contributed by atoms with E-state index in [2.05, 4.69) is 48.3 Å². The van der Waals surface area contributed by atoms with Crippen molar-refractivity contribution in [3.05, 3.63) is 29.8 Å². The first-order valence-corrected chi connectivity index (χ1v) is 7.36. The molecule has 0 bridgehead atoms. The molecule has 0 fully saturated rings. The van der Waals surface area contributed by atoms with Crippen LogP contribution in [0.5, 0.6) is 0 Å². The first-order chi connectivity index (χ1) is 9.20. The van der Waals surface area contributed by atoms with E-state index in [-0.39, 0.29) is 6.61 Å². The van der Waals surface area contributed by atoms with Gasteiger partial charge < -0.3 is 15.3 Å². The van der Waals surface area contributed by atoms with Crippen molar-refractivity contribution >= 4 is 5.69 Å². The van der Waals surface area contributed by atoms with Crippen LogP contribution in [0.25, 0.3) is 0 Å². The maximum atomic E-state index is 9.15. The Labute approximate surface area is 116 Å². The molecule has 1 aromatic rings. The maximum absolute atomic E-state index is 9.15. The van der Waals surface area contributed by atoms with Crippen LogP contribution in [0, 0.1) is 5.92 Å². The lowest BCUT2D eigenvalue weighted by molar-refractivity contribution is 0.178. The van der Waals surface area contributed by atoms with Crippen molar-refractivity contribution < 1.29 is 5.11 Å². The summed E-state index contributed by atoms with van der Waals surface area (Å²) in [5.41, 5.74) is 2.75. The quantitative estimate of drug-likeness (QED) is 0.792. The monoisotopic (exact) mass is 262 g/mol. The zero-order chi connectivity index (χ0) is 13.7. The average Bonchev–Trinajstić information content (AvgIpc) is 2.79. The van der Waals surface area contributed by atoms with Crippen LogP contribution in [0.4, 0.5) is 5.69 Å². The normalized spacial score (nSPS) is 17.8. The van der Waals surface area contributed by atoms with Crippen molar-refractivity contribution in [3.63, 3.8) is 0 Å². The number of para-hydroxylation sites is 1. The summed E-state index contributed by atoms with van der Waals surface area (Å²) in [6.07, 6.45) is 1.16. The van der Waals surface area contributed by atoms with Gasteiger partial charge in [0.15, 0.2) is 0 Å². The predicted molar refractivity (Wildman–Crippen MR) is 80.7 cm³/mol. The van der Waals surface area contributed by atoms with Gasteiger partial charge in [-0.05, 0) is 30.5 Å². The topological polar surface area (TPSA) is 35.5 Å². The molecule has 2 N–H and O–H groups in total. The van der Waals surface area contributed by atoms with E-state index in [0.29, 0.717) is 11.8 Å². The van der Waals surface area contributed by atoms with Gasteiger partial charge >= 0.3 is 0 Å². The Hall–Kier alpha value is -1.06. The van der Waals surface area contributed by atoms with Crippen LogP contribution in [-0.2, 0) is 0 Å². The summed E-state index contributed by atoms with van der Waals surface area (Å²) in [6.45, 7) is 8.70. The molecule has 0 radical (unpaired) electrons. The molecule has 3 nitrogen and oxygen atoms in total. The molecule has 0 aromatic heterocycles. The largest absolute Gasteiger partial charge is 0.395 e. The van der Waals surface area contributed by atoms with Crippen LogP contribution < -0.4 is 5.32 Å². The van der Waals surface area contributed by atoms with Crippen LogP contribution in [-0.4, -0.2) is 42.8 Å². The SMILES string of the molecule is CC(C)CN(CCO)CCC1CNc2ccccc21. The fourth-order valence-corrected chi connectivity index (χ4v) is 2.91. The standard InChI is InChI=1S/C16H26N2O/c1-13(2)12-18(9-10-19)8-7-14-11-17-16-6-4-3-5-15(14)16/h3-6,13-14,17,19H,7-12H2,1-2H3. The average molecular weight is 262 g/mol. The fraction of sp³-hybridized carbons (Fsp3) is 0.625. The second-order valence-corrected chi connectivity index (χ2v) is 5.87. The van der Waals surface area contributed by atoms with Crippen LogP contribution in [0.2, 0.25) is 0 Å². The Bertz CT molecular complexity index is 392. The number of nitrogens with zero attached hydrogens (tertiary/aromatic N) is 1. The molecule has 2 rings (SSSR count). The number of aliphatic hydroxyl groups is 1. The van der Waals surface area contributed by atoms with Gasteiger partial charge in [-0.25, -0.2) is 0 Å². The summed E-state index contributed by atoms with van der Waals surface area (Å²) in [7, 11) is 0. The summed E-state index contributed by atoms with van der Waals surface area (Å²) in [6, 6.07) is 8.61. The second-order valence-electron chi connectivity index (χ2n) is 5.87. The molecule has 0 aliphatic carbocycles. The minimum Gasteiger partial charge on any atom is -0.395 e. The van der Waals surface area contributed by atoms with E-state index in [4.69, 9.17) is 5.11 Å². The first kappa shape index (κ1) is 14.4. The Morgan fingerprint density at radius 2 is 2.11 bits per heavy atom. The van der Waals surface area contributed by atoms with Crippen molar-refractivity contribution in [1.29, 1.82) is 0 Å². The van der Waals surface area contributed by atoms with Crippen molar-refractivity contribution in [2.24, 2.45) is 5.92 Å². The van der Waals surface area contributed by atoms with Gasteiger partial charge in [0.25, 0.3) is 0 Å². The van der Waals surface area contributed by atoms with E-state index >= 15 is 0 Å². The van der Waals surface area contributed by atoms with Crippen LogP contribution in [0.15, 0.2) is 24.3 Å². The summed E-state index contributed by atoms with van der Waals surface area (Å²) in [5.74, 6) is 1.27. The summed E-state index contributed by atoms with van der Waals surface area (Å²) < 4.78 is 0. The Balaban J connectivity index is 1.88. The Morgan fingerprint density at radius 3 is 2.84 bits per heavy atom. The molecule has 106 valence electrons. The zero-order valence-corrected chi connectivity index (χ0v) is 12.1. The van der Waals surface area contributed by atoms with E-state index in [1.165, 1.54) is 11.3 Å². The van der Waals surface area contributed by atoms with Crippen molar-refractivity contribution in [2.75, 3.05) is 38.1 Å². The Kier molecular flexibility index (Phi) is 5.23. The van der Waals surface area contributed by atoms with Gasteiger partial charge in [-0.15, -0.1) is 0 Å². The molecule has 1 unspecified atom stereocenters. The second kappa shape index (κ2) is 6.92. The lowest BCUT2D eigenvalue weighted by Crippen LogP contribution is -2.32. The Morgan fingerprint density at radius 1 is 1.32 bits per heavy atom. The first-order valence-electron chi connectivity index (χ1n) is 7.36. The van der Waals surface area contributed by atoms with Gasteiger partial charge in [-0.3, -0.25) is 0 Å². The molecule has 1 heterocycles. The number of aliphatic hydroxyl groups excluding tert-OH is 1. The molecular formula is C16H26N2O. The number of fused-ring (bicyclic) bond motifs is 1. The van der Waals surface area contributed by atoms with Crippen LogP contribution in [0.1, 0.15) is 31.7 Å². The van der Waals surface area contributed by atoms with E-state index in [9.17, 15) is 0 Å². The maximum Gasteiger partial charge on any atom is 0.0558 e. The number of nitrogens with one attached hydrogen (secondary N) is 1. The molecule has 0 spiro atoms. The zero-order valence-electron chi connectivity index (χ0n) is 12.1. The molecule has 0 amide bonds. The summed E-state index contributed by atoms with van der Waals surface area (Å²) in [5, 5.41) is 12.6. The predicted octanol–water partition coefficient (Wildman–Crippen LogP) is 2.54. The molecule has 0 saturated heterocycles. The molecule has 19 heavy (non-hydrogen) atoms. The minimum absolute atomic E-state index is 0.256. The van der Waals surface area contributed by atoms with Crippen molar-refractivity contribution in [1.82, 2.24) is 4.90 Å².